The van der Waals surface area contributed by atoms with Gasteiger partial charge in [-0.25, -0.2) is 9.97 Å². The molecule has 1 aliphatic rings. The molecule has 0 unspecified atom stereocenters. The van der Waals surface area contributed by atoms with Crippen LogP contribution < -0.4 is 14.8 Å². The number of carbonyl (C=O) groups excluding carboxylic acids is 1. The predicted octanol–water partition coefficient (Wildman–Crippen LogP) is 2.51. The molecule has 1 amide bonds. The van der Waals surface area contributed by atoms with E-state index in [4.69, 9.17) is 21.1 Å². The SMILES string of the molecule is O=C(/C=C/c1ccc2c(c1)OCO2)Nc1nccc(Cl)n1. The number of aromatic nitrogens is 2. The Kier molecular flexibility index (Phi) is 3.70. The molecule has 2 aromatic rings. The Balaban J connectivity index is 1.67. The van der Waals surface area contributed by atoms with Gasteiger partial charge in [-0.2, -0.15) is 0 Å². The summed E-state index contributed by atoms with van der Waals surface area (Å²) in [4.78, 5) is 19.5. The summed E-state index contributed by atoms with van der Waals surface area (Å²) >= 11 is 5.71. The Morgan fingerprint density at radius 3 is 3.00 bits per heavy atom. The molecule has 0 spiro atoms. The molecule has 1 aromatic heterocycles. The monoisotopic (exact) mass is 303 g/mol. The zero-order chi connectivity index (χ0) is 14.7. The van der Waals surface area contributed by atoms with Crippen LogP contribution in [0.1, 0.15) is 5.56 Å². The van der Waals surface area contributed by atoms with Crippen molar-refractivity contribution in [3.05, 3.63) is 47.3 Å². The van der Waals surface area contributed by atoms with Gasteiger partial charge in [0.25, 0.3) is 5.91 Å². The van der Waals surface area contributed by atoms with E-state index in [-0.39, 0.29) is 23.8 Å². The predicted molar refractivity (Wildman–Crippen MR) is 77.3 cm³/mol. The van der Waals surface area contributed by atoms with Gasteiger partial charge >= 0.3 is 0 Å². The molecule has 6 nitrogen and oxygen atoms in total. The number of anilines is 1. The van der Waals surface area contributed by atoms with Gasteiger partial charge in [-0.3, -0.25) is 10.1 Å². The van der Waals surface area contributed by atoms with Gasteiger partial charge in [0, 0.05) is 12.3 Å². The summed E-state index contributed by atoms with van der Waals surface area (Å²) in [5.41, 5.74) is 0.821. The summed E-state index contributed by atoms with van der Waals surface area (Å²) in [5, 5.41) is 2.78. The third-order valence-corrected chi connectivity index (χ3v) is 2.89. The fraction of sp³-hybridized carbons (Fsp3) is 0.0714. The van der Waals surface area contributed by atoms with Crippen LogP contribution in [0.5, 0.6) is 11.5 Å². The number of hydrogen-bond acceptors (Lipinski definition) is 5. The van der Waals surface area contributed by atoms with E-state index in [1.165, 1.54) is 18.3 Å². The van der Waals surface area contributed by atoms with Gasteiger partial charge in [0.15, 0.2) is 11.5 Å². The third kappa shape index (κ3) is 3.29. The van der Waals surface area contributed by atoms with E-state index in [2.05, 4.69) is 15.3 Å². The molecule has 0 aliphatic carbocycles. The maximum absolute atomic E-state index is 11.8. The highest BCUT2D eigenvalue weighted by Crippen LogP contribution is 2.32. The third-order valence-electron chi connectivity index (χ3n) is 2.68. The second-order valence-electron chi connectivity index (χ2n) is 4.14. The van der Waals surface area contributed by atoms with Gasteiger partial charge < -0.3 is 9.47 Å². The maximum atomic E-state index is 11.8. The maximum Gasteiger partial charge on any atom is 0.250 e. The molecule has 21 heavy (non-hydrogen) atoms. The van der Waals surface area contributed by atoms with Crippen molar-refractivity contribution in [1.29, 1.82) is 0 Å². The summed E-state index contributed by atoms with van der Waals surface area (Å²) in [6.45, 7) is 0.217. The van der Waals surface area contributed by atoms with Crippen LogP contribution >= 0.6 is 11.6 Å². The van der Waals surface area contributed by atoms with Crippen molar-refractivity contribution >= 4 is 29.5 Å². The minimum absolute atomic E-state index is 0.155. The van der Waals surface area contributed by atoms with Gasteiger partial charge in [0.05, 0.1) is 0 Å². The van der Waals surface area contributed by atoms with Crippen molar-refractivity contribution in [3.63, 3.8) is 0 Å². The van der Waals surface area contributed by atoms with Crippen LogP contribution in [0.3, 0.4) is 0 Å². The zero-order valence-electron chi connectivity index (χ0n) is 10.7. The van der Waals surface area contributed by atoms with E-state index in [1.54, 1.807) is 18.2 Å². The summed E-state index contributed by atoms with van der Waals surface area (Å²) in [7, 11) is 0. The highest BCUT2D eigenvalue weighted by molar-refractivity contribution is 6.29. The molecule has 1 aliphatic heterocycles. The van der Waals surface area contributed by atoms with Crippen LogP contribution in [0.2, 0.25) is 5.15 Å². The number of benzene rings is 1. The first-order valence-corrected chi connectivity index (χ1v) is 6.46. The number of nitrogens with zero attached hydrogens (tertiary/aromatic N) is 2. The molecule has 0 saturated carbocycles. The lowest BCUT2D eigenvalue weighted by Gasteiger charge is -2.00. The van der Waals surface area contributed by atoms with E-state index in [0.717, 1.165) is 5.56 Å². The first-order valence-electron chi connectivity index (χ1n) is 6.08. The number of rotatable bonds is 3. The summed E-state index contributed by atoms with van der Waals surface area (Å²) in [6, 6.07) is 6.94. The molecule has 0 radical (unpaired) electrons. The Hall–Kier alpha value is -2.60. The van der Waals surface area contributed by atoms with Crippen molar-refractivity contribution in [3.8, 4) is 11.5 Å². The molecule has 3 rings (SSSR count). The van der Waals surface area contributed by atoms with Gasteiger partial charge in [-0.15, -0.1) is 0 Å². The Bertz CT molecular complexity index is 718. The molecular weight excluding hydrogens is 294 g/mol. The lowest BCUT2D eigenvalue weighted by molar-refractivity contribution is -0.111. The highest BCUT2D eigenvalue weighted by atomic mass is 35.5. The van der Waals surface area contributed by atoms with E-state index in [9.17, 15) is 4.79 Å². The molecule has 1 N–H and O–H groups in total. The van der Waals surface area contributed by atoms with Crippen LogP contribution in [0.15, 0.2) is 36.5 Å². The quantitative estimate of drug-likeness (QED) is 0.696. The average molecular weight is 304 g/mol. The van der Waals surface area contributed by atoms with Crippen molar-refractivity contribution in [1.82, 2.24) is 9.97 Å². The Morgan fingerprint density at radius 2 is 2.14 bits per heavy atom. The van der Waals surface area contributed by atoms with Gasteiger partial charge in [0.2, 0.25) is 12.7 Å². The smallest absolute Gasteiger partial charge is 0.250 e. The van der Waals surface area contributed by atoms with Crippen molar-refractivity contribution in [2.24, 2.45) is 0 Å². The fourth-order valence-electron chi connectivity index (χ4n) is 1.74. The number of halogens is 1. The second-order valence-corrected chi connectivity index (χ2v) is 4.53. The molecule has 2 heterocycles. The van der Waals surface area contributed by atoms with Gasteiger partial charge in [-0.1, -0.05) is 17.7 Å². The molecule has 0 fully saturated rings. The van der Waals surface area contributed by atoms with Crippen molar-refractivity contribution < 1.29 is 14.3 Å². The van der Waals surface area contributed by atoms with Crippen molar-refractivity contribution in [2.75, 3.05) is 12.1 Å². The zero-order valence-corrected chi connectivity index (χ0v) is 11.5. The first-order chi connectivity index (χ1) is 10.2. The topological polar surface area (TPSA) is 73.3 Å². The number of nitrogens with one attached hydrogen (secondary N) is 1. The fourth-order valence-corrected chi connectivity index (χ4v) is 1.87. The number of fused-ring (bicyclic) bond motifs is 1. The largest absolute Gasteiger partial charge is 0.454 e. The van der Waals surface area contributed by atoms with E-state index >= 15 is 0 Å². The van der Waals surface area contributed by atoms with E-state index < -0.39 is 0 Å². The molecule has 7 heteroatoms. The summed E-state index contributed by atoms with van der Waals surface area (Å²) in [5.74, 6) is 1.16. The number of hydrogen-bond donors (Lipinski definition) is 1. The molecule has 0 atom stereocenters. The minimum Gasteiger partial charge on any atom is -0.454 e. The first kappa shape index (κ1) is 13.4. The standard InChI is InChI=1S/C14H10ClN3O3/c15-12-5-6-16-14(17-12)18-13(19)4-2-9-1-3-10-11(7-9)21-8-20-10/h1-7H,8H2,(H,16,17,18,19)/b4-2+. The van der Waals surface area contributed by atoms with E-state index in [0.29, 0.717) is 11.5 Å². The second kappa shape index (κ2) is 5.80. The van der Waals surface area contributed by atoms with Crippen LogP contribution in [0.25, 0.3) is 6.08 Å². The lowest BCUT2D eigenvalue weighted by atomic mass is 10.2. The minimum atomic E-state index is -0.352. The number of amides is 1. The lowest BCUT2D eigenvalue weighted by Crippen LogP contribution is -2.10. The van der Waals surface area contributed by atoms with Gasteiger partial charge in [-0.05, 0) is 29.8 Å². The van der Waals surface area contributed by atoms with Crippen LogP contribution in [-0.4, -0.2) is 22.7 Å². The van der Waals surface area contributed by atoms with Crippen LogP contribution in [0.4, 0.5) is 5.95 Å². The van der Waals surface area contributed by atoms with Gasteiger partial charge in [0.1, 0.15) is 5.15 Å². The number of carbonyl (C=O) groups is 1. The molecule has 1 aromatic carbocycles. The normalized spacial score (nSPS) is 12.6. The highest BCUT2D eigenvalue weighted by Gasteiger charge is 2.12. The molecular formula is C14H10ClN3O3. The number of ether oxygens (including phenoxy) is 2. The molecule has 106 valence electrons. The van der Waals surface area contributed by atoms with Crippen molar-refractivity contribution in [2.45, 2.75) is 0 Å². The molecule has 0 bridgehead atoms. The molecule has 0 saturated heterocycles. The summed E-state index contributed by atoms with van der Waals surface area (Å²) in [6.07, 6.45) is 4.50. The van der Waals surface area contributed by atoms with Crippen LogP contribution in [0, 0.1) is 0 Å². The summed E-state index contributed by atoms with van der Waals surface area (Å²) < 4.78 is 10.5. The van der Waals surface area contributed by atoms with E-state index in [1.807, 2.05) is 6.07 Å². The average Bonchev–Trinajstić information content (AvgIpc) is 2.92. The van der Waals surface area contributed by atoms with Crippen LogP contribution in [-0.2, 0) is 4.79 Å². The Labute approximate surface area is 125 Å². The Morgan fingerprint density at radius 1 is 1.29 bits per heavy atom.